The molecule has 124 valence electrons. The Bertz CT molecular complexity index is 679. The van der Waals surface area contributed by atoms with Crippen LogP contribution >= 0.6 is 11.6 Å². The fourth-order valence-electron chi connectivity index (χ4n) is 2.07. The molecule has 1 heterocycles. The molecule has 0 fully saturated rings. The lowest BCUT2D eigenvalue weighted by Crippen LogP contribution is -2.06. The first-order valence-electron chi connectivity index (χ1n) is 7.35. The normalized spacial score (nSPS) is 10.3. The van der Waals surface area contributed by atoms with E-state index in [0.717, 1.165) is 18.8 Å². The molecule has 0 unspecified atom stereocenters. The molecule has 7 heteroatoms. The van der Waals surface area contributed by atoms with Crippen LogP contribution in [-0.2, 0) is 0 Å². The van der Waals surface area contributed by atoms with Gasteiger partial charge in [0.1, 0.15) is 29.0 Å². The van der Waals surface area contributed by atoms with Crippen LogP contribution in [0.5, 0.6) is 11.5 Å². The summed E-state index contributed by atoms with van der Waals surface area (Å²) in [5, 5.41) is 6.97. The standard InChI is InChI=1S/C16H21ClN4O2/c1-5-6-18-15-9-16(20-10(2)19-15)21-12-8-13(22-3)11(17)7-14(12)23-4/h7-9H,5-6H2,1-4H3,(H2,18,19,20,21). The molecule has 0 radical (unpaired) electrons. The Balaban J connectivity index is 2.32. The summed E-state index contributed by atoms with van der Waals surface area (Å²) in [7, 11) is 3.15. The van der Waals surface area contributed by atoms with Crippen molar-refractivity contribution in [2.45, 2.75) is 20.3 Å². The molecule has 0 amide bonds. The van der Waals surface area contributed by atoms with Gasteiger partial charge in [0.2, 0.25) is 0 Å². The SMILES string of the molecule is CCCNc1cc(Nc2cc(OC)c(Cl)cc2OC)nc(C)n1. The Hall–Kier alpha value is -2.21. The average Bonchev–Trinajstić information content (AvgIpc) is 2.53. The van der Waals surface area contributed by atoms with E-state index in [-0.39, 0.29) is 0 Å². The van der Waals surface area contributed by atoms with Crippen LogP contribution in [0.4, 0.5) is 17.3 Å². The number of anilines is 3. The zero-order valence-electron chi connectivity index (χ0n) is 13.7. The Morgan fingerprint density at radius 2 is 1.74 bits per heavy atom. The van der Waals surface area contributed by atoms with Gasteiger partial charge in [0, 0.05) is 24.7 Å². The topological polar surface area (TPSA) is 68.3 Å². The quantitative estimate of drug-likeness (QED) is 0.796. The average molecular weight is 337 g/mol. The van der Waals surface area contributed by atoms with Gasteiger partial charge >= 0.3 is 0 Å². The third-order valence-corrected chi connectivity index (χ3v) is 3.43. The third kappa shape index (κ3) is 4.39. The number of benzene rings is 1. The summed E-state index contributed by atoms with van der Waals surface area (Å²) in [4.78, 5) is 8.76. The first-order valence-corrected chi connectivity index (χ1v) is 7.73. The van der Waals surface area contributed by atoms with Gasteiger partial charge in [-0.2, -0.15) is 0 Å². The summed E-state index contributed by atoms with van der Waals surface area (Å²) < 4.78 is 10.6. The molecule has 23 heavy (non-hydrogen) atoms. The highest BCUT2D eigenvalue weighted by Crippen LogP contribution is 2.37. The van der Waals surface area contributed by atoms with Crippen molar-refractivity contribution >= 4 is 28.9 Å². The van der Waals surface area contributed by atoms with Crippen molar-refractivity contribution in [2.24, 2.45) is 0 Å². The molecule has 2 aromatic rings. The largest absolute Gasteiger partial charge is 0.495 e. The van der Waals surface area contributed by atoms with Crippen LogP contribution in [0.2, 0.25) is 5.02 Å². The van der Waals surface area contributed by atoms with E-state index in [1.807, 2.05) is 13.0 Å². The number of rotatable bonds is 7. The van der Waals surface area contributed by atoms with Crippen LogP contribution in [0.1, 0.15) is 19.2 Å². The van der Waals surface area contributed by atoms with Crippen LogP contribution < -0.4 is 20.1 Å². The van der Waals surface area contributed by atoms with E-state index >= 15 is 0 Å². The summed E-state index contributed by atoms with van der Waals surface area (Å²) in [6.07, 6.45) is 1.02. The zero-order valence-corrected chi connectivity index (χ0v) is 14.5. The molecule has 1 aromatic heterocycles. The van der Waals surface area contributed by atoms with Crippen LogP contribution in [0.25, 0.3) is 0 Å². The Labute approximate surface area is 141 Å². The molecule has 0 saturated carbocycles. The van der Waals surface area contributed by atoms with E-state index in [9.17, 15) is 0 Å². The number of hydrogen-bond donors (Lipinski definition) is 2. The summed E-state index contributed by atoms with van der Waals surface area (Å²) in [6.45, 7) is 4.81. The number of aromatic nitrogens is 2. The first-order chi connectivity index (χ1) is 11.1. The molecule has 0 bridgehead atoms. The van der Waals surface area contributed by atoms with Gasteiger partial charge in [-0.3, -0.25) is 0 Å². The van der Waals surface area contributed by atoms with Crippen molar-refractivity contribution in [3.05, 3.63) is 29.0 Å². The molecular weight excluding hydrogens is 316 g/mol. The summed E-state index contributed by atoms with van der Waals surface area (Å²) >= 11 is 6.12. The van der Waals surface area contributed by atoms with Crippen molar-refractivity contribution in [2.75, 3.05) is 31.4 Å². The van der Waals surface area contributed by atoms with Crippen LogP contribution in [0.3, 0.4) is 0 Å². The van der Waals surface area contributed by atoms with E-state index in [4.69, 9.17) is 21.1 Å². The van der Waals surface area contributed by atoms with Gasteiger partial charge in [0.05, 0.1) is 24.9 Å². The smallest absolute Gasteiger partial charge is 0.144 e. The van der Waals surface area contributed by atoms with E-state index < -0.39 is 0 Å². The van der Waals surface area contributed by atoms with E-state index in [1.54, 1.807) is 26.4 Å². The minimum absolute atomic E-state index is 0.485. The maximum atomic E-state index is 6.12. The van der Waals surface area contributed by atoms with Gasteiger partial charge in [-0.25, -0.2) is 9.97 Å². The maximum Gasteiger partial charge on any atom is 0.144 e. The second-order valence-electron chi connectivity index (χ2n) is 4.92. The predicted octanol–water partition coefficient (Wildman–Crippen LogP) is 4.02. The van der Waals surface area contributed by atoms with Gasteiger partial charge in [-0.05, 0) is 13.3 Å². The second kappa shape index (κ2) is 7.87. The fraction of sp³-hybridized carbons (Fsp3) is 0.375. The Morgan fingerprint density at radius 3 is 2.39 bits per heavy atom. The van der Waals surface area contributed by atoms with Gasteiger partial charge in [0.25, 0.3) is 0 Å². The van der Waals surface area contributed by atoms with Crippen molar-refractivity contribution in [3.8, 4) is 11.5 Å². The molecule has 0 aliphatic carbocycles. The third-order valence-electron chi connectivity index (χ3n) is 3.13. The molecular formula is C16H21ClN4O2. The second-order valence-corrected chi connectivity index (χ2v) is 5.33. The molecule has 0 saturated heterocycles. The first kappa shape index (κ1) is 17.1. The summed E-state index contributed by atoms with van der Waals surface area (Å²) in [5.41, 5.74) is 0.716. The molecule has 0 aliphatic heterocycles. The van der Waals surface area contributed by atoms with E-state index in [0.29, 0.717) is 33.9 Å². The van der Waals surface area contributed by atoms with Crippen molar-refractivity contribution in [3.63, 3.8) is 0 Å². The lowest BCUT2D eigenvalue weighted by Gasteiger charge is -2.14. The fourth-order valence-corrected chi connectivity index (χ4v) is 2.30. The number of ether oxygens (including phenoxy) is 2. The zero-order chi connectivity index (χ0) is 16.8. The Kier molecular flexibility index (Phi) is 5.87. The van der Waals surface area contributed by atoms with Gasteiger partial charge in [0.15, 0.2) is 0 Å². The number of nitrogens with zero attached hydrogens (tertiary/aromatic N) is 2. The van der Waals surface area contributed by atoms with Crippen molar-refractivity contribution < 1.29 is 9.47 Å². The lowest BCUT2D eigenvalue weighted by molar-refractivity contribution is 0.405. The number of methoxy groups -OCH3 is 2. The van der Waals surface area contributed by atoms with Crippen LogP contribution in [-0.4, -0.2) is 30.7 Å². The molecule has 6 nitrogen and oxygen atoms in total. The number of nitrogens with one attached hydrogen (secondary N) is 2. The van der Waals surface area contributed by atoms with Gasteiger partial charge in [-0.15, -0.1) is 0 Å². The van der Waals surface area contributed by atoms with Crippen molar-refractivity contribution in [1.29, 1.82) is 0 Å². The predicted molar refractivity (Wildman–Crippen MR) is 93.4 cm³/mol. The van der Waals surface area contributed by atoms with E-state index in [2.05, 4.69) is 27.5 Å². The monoisotopic (exact) mass is 336 g/mol. The van der Waals surface area contributed by atoms with Gasteiger partial charge in [-0.1, -0.05) is 18.5 Å². The van der Waals surface area contributed by atoms with Crippen LogP contribution in [0.15, 0.2) is 18.2 Å². The summed E-state index contributed by atoms with van der Waals surface area (Å²) in [5.74, 6) is 3.29. The van der Waals surface area contributed by atoms with Gasteiger partial charge < -0.3 is 20.1 Å². The highest BCUT2D eigenvalue weighted by Gasteiger charge is 2.11. The molecule has 1 aromatic carbocycles. The molecule has 0 aliphatic rings. The maximum absolute atomic E-state index is 6.12. The number of aryl methyl sites for hydroxylation is 1. The van der Waals surface area contributed by atoms with Crippen molar-refractivity contribution in [1.82, 2.24) is 9.97 Å². The van der Waals surface area contributed by atoms with E-state index in [1.165, 1.54) is 0 Å². The highest BCUT2D eigenvalue weighted by atomic mass is 35.5. The highest BCUT2D eigenvalue weighted by molar-refractivity contribution is 6.32. The minimum Gasteiger partial charge on any atom is -0.495 e. The lowest BCUT2D eigenvalue weighted by atomic mass is 10.2. The number of halogens is 1. The molecule has 0 spiro atoms. The summed E-state index contributed by atoms with van der Waals surface area (Å²) in [6, 6.07) is 5.33. The van der Waals surface area contributed by atoms with Crippen LogP contribution in [0, 0.1) is 6.92 Å². The Morgan fingerprint density at radius 1 is 1.04 bits per heavy atom. The minimum atomic E-state index is 0.485. The molecule has 2 rings (SSSR count). The molecule has 2 N–H and O–H groups in total. The molecule has 0 atom stereocenters. The number of hydrogen-bond acceptors (Lipinski definition) is 6.